The van der Waals surface area contributed by atoms with E-state index in [2.05, 4.69) is 59.5 Å². The average Bonchev–Trinajstić information content (AvgIpc) is 2.30. The van der Waals surface area contributed by atoms with Crippen molar-refractivity contribution in [2.45, 2.75) is 38.6 Å². The van der Waals surface area contributed by atoms with Crippen LogP contribution in [0.25, 0.3) is 0 Å². The first-order valence-electron chi connectivity index (χ1n) is 6.63. The number of nitrogens with one attached hydrogen (secondary N) is 1. The third-order valence-electron chi connectivity index (χ3n) is 3.97. The first kappa shape index (κ1) is 13.1. The minimum Gasteiger partial charge on any atom is -0.313 e. The predicted octanol–water partition coefficient (Wildman–Crippen LogP) is 4.54. The van der Waals surface area contributed by atoms with Gasteiger partial charge in [-0.25, -0.2) is 0 Å². The lowest BCUT2D eigenvalue weighted by Gasteiger charge is -2.33. The van der Waals surface area contributed by atoms with Crippen LogP contribution in [0.2, 0.25) is 0 Å². The van der Waals surface area contributed by atoms with E-state index in [0.717, 1.165) is 11.8 Å². The lowest BCUT2D eigenvalue weighted by atomic mass is 9.77. The number of benzene rings is 1. The molecule has 0 radical (unpaired) electrons. The number of hydrogen-bond acceptors (Lipinski definition) is 1. The van der Waals surface area contributed by atoms with Gasteiger partial charge in [0, 0.05) is 10.5 Å². The normalized spacial score (nSPS) is 26.8. The Morgan fingerprint density at radius 3 is 2.82 bits per heavy atom. The lowest BCUT2D eigenvalue weighted by molar-refractivity contribution is 0.230. The Bertz CT molecular complexity index is 364. The second-order valence-electron chi connectivity index (χ2n) is 5.35. The van der Waals surface area contributed by atoms with Gasteiger partial charge in [-0.2, -0.15) is 0 Å². The summed E-state index contributed by atoms with van der Waals surface area (Å²) in [7, 11) is 2.09. The molecule has 2 rings (SSSR count). The van der Waals surface area contributed by atoms with Crippen LogP contribution in [0.1, 0.15) is 44.2 Å². The summed E-state index contributed by atoms with van der Waals surface area (Å²) in [6, 6.07) is 9.23. The molecule has 0 heterocycles. The van der Waals surface area contributed by atoms with E-state index >= 15 is 0 Å². The zero-order chi connectivity index (χ0) is 12.3. The largest absolute Gasteiger partial charge is 0.313 e. The van der Waals surface area contributed by atoms with Crippen LogP contribution in [0.4, 0.5) is 0 Å². The summed E-state index contributed by atoms with van der Waals surface area (Å²) >= 11 is 3.57. The molecule has 1 aliphatic carbocycles. The van der Waals surface area contributed by atoms with Gasteiger partial charge in [0.2, 0.25) is 0 Å². The smallest absolute Gasteiger partial charge is 0.0346 e. The van der Waals surface area contributed by atoms with Crippen molar-refractivity contribution in [1.82, 2.24) is 5.32 Å². The van der Waals surface area contributed by atoms with Crippen molar-refractivity contribution in [2.24, 2.45) is 11.8 Å². The molecule has 1 aliphatic rings. The Morgan fingerprint density at radius 2 is 2.18 bits per heavy atom. The van der Waals surface area contributed by atoms with Crippen LogP contribution in [-0.2, 0) is 0 Å². The number of hydrogen-bond donors (Lipinski definition) is 1. The topological polar surface area (TPSA) is 12.0 Å². The maximum Gasteiger partial charge on any atom is 0.0346 e. The van der Waals surface area contributed by atoms with Gasteiger partial charge in [0.05, 0.1) is 0 Å². The van der Waals surface area contributed by atoms with E-state index in [1.165, 1.54) is 35.7 Å². The average molecular weight is 296 g/mol. The fourth-order valence-corrected chi connectivity index (χ4v) is 3.58. The summed E-state index contributed by atoms with van der Waals surface area (Å²) in [6.07, 6.45) is 5.52. The van der Waals surface area contributed by atoms with Crippen LogP contribution in [0.15, 0.2) is 28.7 Å². The summed E-state index contributed by atoms with van der Waals surface area (Å²) in [5.41, 5.74) is 1.42. The minimum atomic E-state index is 0.509. The van der Waals surface area contributed by atoms with E-state index in [0.29, 0.717) is 6.04 Å². The quantitative estimate of drug-likeness (QED) is 0.863. The van der Waals surface area contributed by atoms with Crippen LogP contribution in [0.3, 0.4) is 0 Å². The highest BCUT2D eigenvalue weighted by atomic mass is 79.9. The summed E-state index contributed by atoms with van der Waals surface area (Å²) in [6.45, 7) is 2.39. The fraction of sp³-hybridized carbons (Fsp3) is 0.600. The van der Waals surface area contributed by atoms with E-state index in [1.54, 1.807) is 0 Å². The van der Waals surface area contributed by atoms with E-state index < -0.39 is 0 Å². The lowest BCUT2D eigenvalue weighted by Crippen LogP contribution is -2.28. The Hall–Kier alpha value is -0.340. The fourth-order valence-electron chi connectivity index (χ4n) is 3.16. The molecular weight excluding hydrogens is 274 g/mol. The molecule has 1 nitrogen and oxygen atoms in total. The molecule has 1 N–H and O–H groups in total. The van der Waals surface area contributed by atoms with Gasteiger partial charge in [0.25, 0.3) is 0 Å². The molecular formula is C15H22BrN. The molecule has 1 fully saturated rings. The van der Waals surface area contributed by atoms with Gasteiger partial charge in [0.1, 0.15) is 0 Å². The van der Waals surface area contributed by atoms with Crippen molar-refractivity contribution in [3.05, 3.63) is 34.3 Å². The van der Waals surface area contributed by atoms with Crippen molar-refractivity contribution in [3.8, 4) is 0 Å². The SMILES string of the molecule is CNC(c1cccc(Br)c1)C1CCCC(C)C1. The molecule has 1 saturated carbocycles. The molecule has 0 spiro atoms. The molecule has 17 heavy (non-hydrogen) atoms. The molecule has 0 aromatic heterocycles. The van der Waals surface area contributed by atoms with Crippen LogP contribution in [0.5, 0.6) is 0 Å². The highest BCUT2D eigenvalue weighted by Crippen LogP contribution is 2.37. The Morgan fingerprint density at radius 1 is 1.35 bits per heavy atom. The zero-order valence-electron chi connectivity index (χ0n) is 10.7. The summed E-state index contributed by atoms with van der Waals surface area (Å²) in [5.74, 6) is 1.68. The molecule has 0 amide bonds. The second kappa shape index (κ2) is 6.01. The van der Waals surface area contributed by atoms with Gasteiger partial charge < -0.3 is 5.32 Å². The van der Waals surface area contributed by atoms with E-state index in [-0.39, 0.29) is 0 Å². The Labute approximate surface area is 113 Å². The molecule has 1 aromatic rings. The summed E-state index contributed by atoms with van der Waals surface area (Å²) < 4.78 is 1.18. The van der Waals surface area contributed by atoms with Crippen LogP contribution in [0, 0.1) is 11.8 Å². The standard InChI is InChI=1S/C15H22BrN/c1-11-5-3-6-12(9-11)15(17-2)13-7-4-8-14(16)10-13/h4,7-8,10-12,15,17H,3,5-6,9H2,1-2H3. The molecule has 94 valence electrons. The van der Waals surface area contributed by atoms with Gasteiger partial charge in [-0.15, -0.1) is 0 Å². The third-order valence-corrected chi connectivity index (χ3v) is 4.46. The number of rotatable bonds is 3. The zero-order valence-corrected chi connectivity index (χ0v) is 12.3. The molecule has 3 atom stereocenters. The summed E-state index contributed by atoms with van der Waals surface area (Å²) in [4.78, 5) is 0. The van der Waals surface area contributed by atoms with E-state index in [4.69, 9.17) is 0 Å². The van der Waals surface area contributed by atoms with Gasteiger partial charge in [-0.1, -0.05) is 47.8 Å². The maximum absolute atomic E-state index is 3.57. The van der Waals surface area contributed by atoms with Crippen LogP contribution >= 0.6 is 15.9 Å². The van der Waals surface area contributed by atoms with Crippen LogP contribution in [-0.4, -0.2) is 7.05 Å². The number of halogens is 1. The van der Waals surface area contributed by atoms with Crippen molar-refractivity contribution in [3.63, 3.8) is 0 Å². The molecule has 1 aromatic carbocycles. The minimum absolute atomic E-state index is 0.509. The predicted molar refractivity (Wildman–Crippen MR) is 77.1 cm³/mol. The monoisotopic (exact) mass is 295 g/mol. The highest BCUT2D eigenvalue weighted by Gasteiger charge is 2.26. The van der Waals surface area contributed by atoms with Crippen molar-refractivity contribution >= 4 is 15.9 Å². The maximum atomic E-state index is 3.57. The Kier molecular flexibility index (Phi) is 4.63. The van der Waals surface area contributed by atoms with Gasteiger partial charge in [0.15, 0.2) is 0 Å². The first-order valence-corrected chi connectivity index (χ1v) is 7.42. The summed E-state index contributed by atoms with van der Waals surface area (Å²) in [5, 5.41) is 3.52. The first-order chi connectivity index (χ1) is 8.20. The van der Waals surface area contributed by atoms with Gasteiger partial charge in [-0.05, 0) is 49.4 Å². The molecule has 0 aliphatic heterocycles. The van der Waals surface area contributed by atoms with Gasteiger partial charge in [-0.3, -0.25) is 0 Å². The van der Waals surface area contributed by atoms with E-state index in [9.17, 15) is 0 Å². The molecule has 0 saturated heterocycles. The third kappa shape index (κ3) is 3.32. The van der Waals surface area contributed by atoms with Crippen LogP contribution < -0.4 is 5.32 Å². The highest BCUT2D eigenvalue weighted by molar-refractivity contribution is 9.10. The molecule has 2 heteroatoms. The van der Waals surface area contributed by atoms with Gasteiger partial charge >= 0.3 is 0 Å². The second-order valence-corrected chi connectivity index (χ2v) is 6.27. The van der Waals surface area contributed by atoms with Crippen molar-refractivity contribution < 1.29 is 0 Å². The van der Waals surface area contributed by atoms with Crippen molar-refractivity contribution in [1.29, 1.82) is 0 Å². The molecule has 0 bridgehead atoms. The van der Waals surface area contributed by atoms with E-state index in [1.807, 2.05) is 0 Å². The van der Waals surface area contributed by atoms with Crippen molar-refractivity contribution in [2.75, 3.05) is 7.05 Å². The Balaban J connectivity index is 2.15. The molecule has 3 unspecified atom stereocenters.